The summed E-state index contributed by atoms with van der Waals surface area (Å²) in [6.45, 7) is 0. The van der Waals surface area contributed by atoms with Crippen molar-refractivity contribution in [3.63, 3.8) is 0 Å². The molecule has 0 spiro atoms. The lowest BCUT2D eigenvalue weighted by Gasteiger charge is -2.19. The maximum absolute atomic E-state index is 5.62. The maximum Gasteiger partial charge on any atom is 0.216 e. The molecule has 1 aromatic heterocycles. The molecule has 1 aliphatic rings. The number of ether oxygens (including phenoxy) is 1. The number of hydrogen-bond donors (Lipinski definition) is 2. The van der Waals surface area contributed by atoms with E-state index >= 15 is 0 Å². The monoisotopic (exact) mass is 236 g/mol. The molecule has 3 N–H and O–H groups in total. The number of rotatable bonds is 5. The van der Waals surface area contributed by atoms with E-state index in [2.05, 4.69) is 15.4 Å². The van der Waals surface area contributed by atoms with Crippen LogP contribution in [0.4, 0.5) is 0 Å². The first-order chi connectivity index (χ1) is 8.33. The number of hydrazine groups is 1. The maximum atomic E-state index is 5.62. The predicted molar refractivity (Wildman–Crippen MR) is 65.2 cm³/mol. The van der Waals surface area contributed by atoms with Crippen LogP contribution in [0.2, 0.25) is 0 Å². The largest absolute Gasteiger partial charge is 0.481 e. The number of nitrogens with zero attached hydrogens (tertiary/aromatic N) is 2. The Morgan fingerprint density at radius 2 is 2.24 bits per heavy atom. The van der Waals surface area contributed by atoms with Gasteiger partial charge >= 0.3 is 0 Å². The second-order valence-corrected chi connectivity index (χ2v) is 4.59. The molecule has 17 heavy (non-hydrogen) atoms. The molecule has 1 aliphatic carbocycles. The Kier molecular flexibility index (Phi) is 4.28. The molecule has 1 unspecified atom stereocenters. The number of nitrogens with one attached hydrogen (secondary N) is 1. The Morgan fingerprint density at radius 1 is 1.47 bits per heavy atom. The minimum absolute atomic E-state index is 0.0926. The van der Waals surface area contributed by atoms with Gasteiger partial charge in [-0.05, 0) is 12.3 Å². The summed E-state index contributed by atoms with van der Waals surface area (Å²) < 4.78 is 5.10. The Balaban J connectivity index is 2.04. The van der Waals surface area contributed by atoms with Crippen LogP contribution in [0, 0.1) is 5.92 Å². The summed E-state index contributed by atoms with van der Waals surface area (Å²) in [7, 11) is 1.61. The fourth-order valence-corrected chi connectivity index (χ4v) is 2.51. The Morgan fingerprint density at radius 3 is 2.88 bits per heavy atom. The number of hydrogen-bond acceptors (Lipinski definition) is 5. The predicted octanol–water partition coefficient (Wildman–Crippen LogP) is 1.57. The summed E-state index contributed by atoms with van der Waals surface area (Å²) in [6.07, 6.45) is 7.86. The Bertz CT molecular complexity index is 352. The minimum atomic E-state index is 0.0926. The van der Waals surface area contributed by atoms with Gasteiger partial charge in [0.05, 0.1) is 18.8 Å². The first-order valence-electron chi connectivity index (χ1n) is 6.15. The van der Waals surface area contributed by atoms with Crippen LogP contribution in [0.15, 0.2) is 12.4 Å². The Hall–Kier alpha value is -1.20. The molecule has 1 heterocycles. The van der Waals surface area contributed by atoms with E-state index in [1.54, 1.807) is 7.11 Å². The first-order valence-corrected chi connectivity index (χ1v) is 6.15. The highest BCUT2D eigenvalue weighted by Crippen LogP contribution is 2.32. The molecule has 0 saturated heterocycles. The summed E-state index contributed by atoms with van der Waals surface area (Å²) in [5.74, 6) is 6.97. The number of aromatic nitrogens is 2. The lowest BCUT2D eigenvalue weighted by Crippen LogP contribution is -2.30. The normalized spacial score (nSPS) is 18.2. The second kappa shape index (κ2) is 5.93. The highest BCUT2D eigenvalue weighted by molar-refractivity contribution is 5.16. The highest BCUT2D eigenvalue weighted by Gasteiger charge is 2.21. The highest BCUT2D eigenvalue weighted by atomic mass is 16.5. The molecular weight excluding hydrogens is 216 g/mol. The smallest absolute Gasteiger partial charge is 0.216 e. The van der Waals surface area contributed by atoms with Crippen molar-refractivity contribution in [2.45, 2.75) is 38.1 Å². The van der Waals surface area contributed by atoms with Gasteiger partial charge in [0, 0.05) is 6.07 Å². The van der Waals surface area contributed by atoms with Crippen molar-refractivity contribution in [2.24, 2.45) is 11.8 Å². The molecule has 5 nitrogen and oxygen atoms in total. The summed E-state index contributed by atoms with van der Waals surface area (Å²) in [4.78, 5) is 8.27. The first kappa shape index (κ1) is 12.3. The van der Waals surface area contributed by atoms with E-state index in [-0.39, 0.29) is 6.04 Å². The number of methoxy groups -OCH3 is 1. The van der Waals surface area contributed by atoms with Crippen molar-refractivity contribution >= 4 is 0 Å². The van der Waals surface area contributed by atoms with Crippen LogP contribution >= 0.6 is 0 Å². The average Bonchev–Trinajstić information content (AvgIpc) is 2.89. The van der Waals surface area contributed by atoms with E-state index in [1.165, 1.54) is 32.0 Å². The van der Waals surface area contributed by atoms with Gasteiger partial charge in [-0.2, -0.15) is 0 Å². The lowest BCUT2D eigenvalue weighted by atomic mass is 9.97. The third-order valence-electron chi connectivity index (χ3n) is 3.47. The molecule has 0 aromatic carbocycles. The van der Waals surface area contributed by atoms with Gasteiger partial charge in [0.15, 0.2) is 0 Å². The van der Waals surface area contributed by atoms with Gasteiger partial charge < -0.3 is 4.74 Å². The molecule has 1 fully saturated rings. The molecule has 94 valence electrons. The summed E-state index contributed by atoms with van der Waals surface area (Å²) in [5, 5.41) is 0. The van der Waals surface area contributed by atoms with Crippen LogP contribution in [0.25, 0.3) is 0 Å². The second-order valence-electron chi connectivity index (χ2n) is 4.59. The van der Waals surface area contributed by atoms with Crippen LogP contribution in [0.1, 0.15) is 43.8 Å². The van der Waals surface area contributed by atoms with Gasteiger partial charge in [-0.3, -0.25) is 11.3 Å². The van der Waals surface area contributed by atoms with Crippen molar-refractivity contribution in [1.29, 1.82) is 0 Å². The molecule has 1 aromatic rings. The van der Waals surface area contributed by atoms with E-state index in [1.807, 2.05) is 6.07 Å². The molecule has 1 atom stereocenters. The van der Waals surface area contributed by atoms with Crippen LogP contribution in [0.5, 0.6) is 5.88 Å². The molecular formula is C12H20N4O. The van der Waals surface area contributed by atoms with Crippen LogP contribution in [0.3, 0.4) is 0 Å². The zero-order valence-electron chi connectivity index (χ0n) is 10.2. The van der Waals surface area contributed by atoms with Gasteiger partial charge in [0.1, 0.15) is 6.33 Å². The van der Waals surface area contributed by atoms with Crippen molar-refractivity contribution in [2.75, 3.05) is 7.11 Å². The van der Waals surface area contributed by atoms with E-state index in [9.17, 15) is 0 Å². The van der Waals surface area contributed by atoms with E-state index < -0.39 is 0 Å². The van der Waals surface area contributed by atoms with E-state index in [4.69, 9.17) is 10.6 Å². The Labute approximate surface area is 102 Å². The van der Waals surface area contributed by atoms with Crippen LogP contribution < -0.4 is 16.0 Å². The van der Waals surface area contributed by atoms with Crippen molar-refractivity contribution in [3.05, 3.63) is 18.1 Å². The zero-order valence-corrected chi connectivity index (χ0v) is 10.2. The van der Waals surface area contributed by atoms with Crippen LogP contribution in [-0.2, 0) is 0 Å². The van der Waals surface area contributed by atoms with Crippen molar-refractivity contribution < 1.29 is 4.74 Å². The quantitative estimate of drug-likeness (QED) is 0.599. The summed E-state index contributed by atoms with van der Waals surface area (Å²) in [6, 6.07) is 1.94. The third-order valence-corrected chi connectivity index (χ3v) is 3.47. The standard InChI is InChI=1S/C12H20N4O/c1-17-12-7-10(14-8-15-12)11(16-13)6-9-4-2-3-5-9/h7-9,11,16H,2-6,13H2,1H3. The molecule has 2 rings (SSSR count). The van der Waals surface area contributed by atoms with E-state index in [0.29, 0.717) is 5.88 Å². The van der Waals surface area contributed by atoms with Gasteiger partial charge in [-0.25, -0.2) is 9.97 Å². The molecule has 0 radical (unpaired) electrons. The minimum Gasteiger partial charge on any atom is -0.481 e. The summed E-state index contributed by atoms with van der Waals surface area (Å²) >= 11 is 0. The van der Waals surface area contributed by atoms with Gasteiger partial charge in [0.2, 0.25) is 5.88 Å². The van der Waals surface area contributed by atoms with Crippen LogP contribution in [-0.4, -0.2) is 17.1 Å². The zero-order chi connectivity index (χ0) is 12.1. The average molecular weight is 236 g/mol. The molecule has 0 bridgehead atoms. The summed E-state index contributed by atoms with van der Waals surface area (Å²) in [5.41, 5.74) is 3.76. The fraction of sp³-hybridized carbons (Fsp3) is 0.667. The number of nitrogens with two attached hydrogens (primary N) is 1. The molecule has 0 amide bonds. The molecule has 0 aliphatic heterocycles. The van der Waals surface area contributed by atoms with Gasteiger partial charge in [0.25, 0.3) is 0 Å². The third kappa shape index (κ3) is 3.14. The molecule has 1 saturated carbocycles. The fourth-order valence-electron chi connectivity index (χ4n) is 2.51. The molecule has 5 heteroatoms. The SMILES string of the molecule is COc1cc(C(CC2CCCC2)NN)ncn1. The van der Waals surface area contributed by atoms with Crippen molar-refractivity contribution in [1.82, 2.24) is 15.4 Å². The topological polar surface area (TPSA) is 73.1 Å². The van der Waals surface area contributed by atoms with Gasteiger partial charge in [-0.1, -0.05) is 25.7 Å². The lowest BCUT2D eigenvalue weighted by molar-refractivity contribution is 0.379. The van der Waals surface area contributed by atoms with Crippen molar-refractivity contribution in [3.8, 4) is 5.88 Å². The van der Waals surface area contributed by atoms with E-state index in [0.717, 1.165) is 18.0 Å². The van der Waals surface area contributed by atoms with Gasteiger partial charge in [-0.15, -0.1) is 0 Å².